The lowest BCUT2D eigenvalue weighted by Crippen LogP contribution is -2.49. The lowest BCUT2D eigenvalue weighted by atomic mass is 9.66. The highest BCUT2D eigenvalue weighted by Gasteiger charge is 2.56. The van der Waals surface area contributed by atoms with Crippen LogP contribution in [0.4, 0.5) is 0 Å². The van der Waals surface area contributed by atoms with Crippen LogP contribution in [0.25, 0.3) is 0 Å². The molecule has 0 unspecified atom stereocenters. The molecule has 0 aromatic heterocycles. The summed E-state index contributed by atoms with van der Waals surface area (Å²) in [5.41, 5.74) is 1.93. The zero-order chi connectivity index (χ0) is 13.9. The van der Waals surface area contributed by atoms with E-state index in [0.717, 1.165) is 30.5 Å². The number of hydrogen-bond acceptors (Lipinski definition) is 4. The first kappa shape index (κ1) is 12.2. The van der Waals surface area contributed by atoms with E-state index in [4.69, 9.17) is 4.74 Å². The maximum atomic E-state index is 9.92. The topological polar surface area (TPSA) is 52.9 Å². The van der Waals surface area contributed by atoms with E-state index >= 15 is 0 Å². The summed E-state index contributed by atoms with van der Waals surface area (Å²) in [4.78, 5) is 2.37. The van der Waals surface area contributed by atoms with E-state index in [0.29, 0.717) is 12.6 Å². The molecule has 2 heterocycles. The van der Waals surface area contributed by atoms with Crippen molar-refractivity contribution in [2.75, 3.05) is 13.6 Å². The molecule has 3 aliphatic rings. The van der Waals surface area contributed by atoms with Crippen molar-refractivity contribution in [1.82, 2.24) is 4.90 Å². The number of phenols is 2. The summed E-state index contributed by atoms with van der Waals surface area (Å²) in [7, 11) is 2.15. The maximum Gasteiger partial charge on any atom is 0.157 e. The van der Waals surface area contributed by atoms with E-state index in [1.54, 1.807) is 12.1 Å². The molecule has 106 valence electrons. The van der Waals surface area contributed by atoms with E-state index in [-0.39, 0.29) is 23.0 Å². The van der Waals surface area contributed by atoms with Crippen molar-refractivity contribution < 1.29 is 14.9 Å². The third-order valence-corrected chi connectivity index (χ3v) is 5.18. The highest BCUT2D eigenvalue weighted by atomic mass is 16.5. The predicted molar refractivity (Wildman–Crippen MR) is 74.8 cm³/mol. The van der Waals surface area contributed by atoms with Crippen LogP contribution in [0, 0.1) is 0 Å². The van der Waals surface area contributed by atoms with Crippen LogP contribution >= 0.6 is 0 Å². The number of nitrogens with zero attached hydrogens (tertiary/aromatic N) is 1. The minimum absolute atomic E-state index is 0.0361. The zero-order valence-electron chi connectivity index (χ0n) is 11.5. The highest BCUT2D eigenvalue weighted by molar-refractivity contribution is 5.53. The van der Waals surface area contributed by atoms with Gasteiger partial charge in [0.2, 0.25) is 0 Å². The number of phenolic OH excluding ortho intramolecular Hbond substituents is 2. The first-order valence-electron chi connectivity index (χ1n) is 7.18. The molecule has 4 nitrogen and oxygen atoms in total. The number of likely N-dealkylation sites (N-methyl/N-ethyl adjacent to an activating group) is 1. The fourth-order valence-electron chi connectivity index (χ4n) is 4.30. The van der Waals surface area contributed by atoms with Gasteiger partial charge in [0.15, 0.2) is 11.5 Å². The molecular weight excluding hydrogens is 254 g/mol. The van der Waals surface area contributed by atoms with Gasteiger partial charge in [-0.1, -0.05) is 12.2 Å². The normalized spacial score (nSPS) is 35.5. The van der Waals surface area contributed by atoms with Crippen LogP contribution in [0.1, 0.15) is 24.0 Å². The zero-order valence-corrected chi connectivity index (χ0v) is 11.5. The molecule has 1 fully saturated rings. The van der Waals surface area contributed by atoms with Crippen LogP contribution in [-0.4, -0.2) is 40.9 Å². The summed E-state index contributed by atoms with van der Waals surface area (Å²) in [5, 5.41) is 19.6. The molecule has 1 spiro atoms. The number of likely N-dealkylation sites (tertiary alicyclic amines) is 1. The van der Waals surface area contributed by atoms with E-state index in [2.05, 4.69) is 24.1 Å². The summed E-state index contributed by atoms with van der Waals surface area (Å²) in [6, 6.07) is 3.79. The Morgan fingerprint density at radius 1 is 1.30 bits per heavy atom. The van der Waals surface area contributed by atoms with Gasteiger partial charge in [0, 0.05) is 12.6 Å². The summed E-state index contributed by atoms with van der Waals surface area (Å²) >= 11 is 0. The number of fused-ring (bicyclic) bond motifs is 1. The van der Waals surface area contributed by atoms with Crippen molar-refractivity contribution >= 4 is 0 Å². The Labute approximate surface area is 118 Å². The second kappa shape index (κ2) is 3.99. The Morgan fingerprint density at radius 2 is 2.10 bits per heavy atom. The van der Waals surface area contributed by atoms with Gasteiger partial charge in [-0.25, -0.2) is 0 Å². The molecule has 1 aromatic rings. The minimum atomic E-state index is -0.175. The SMILES string of the molecule is CN1C[C@@H]2OCc3cc(O)c(O)cc3[C@@]23C=CCC[C@@H]13. The third kappa shape index (κ3) is 1.38. The summed E-state index contributed by atoms with van der Waals surface area (Å²) < 4.78 is 6.07. The summed E-state index contributed by atoms with van der Waals surface area (Å²) in [5.74, 6) is -0.101. The molecule has 0 amide bonds. The molecule has 20 heavy (non-hydrogen) atoms. The van der Waals surface area contributed by atoms with Crippen LogP contribution in [-0.2, 0) is 16.8 Å². The first-order chi connectivity index (χ1) is 9.63. The van der Waals surface area contributed by atoms with E-state index < -0.39 is 0 Å². The molecule has 0 saturated carbocycles. The number of aromatic hydroxyl groups is 2. The van der Waals surface area contributed by atoms with Crippen LogP contribution in [0.15, 0.2) is 24.3 Å². The Morgan fingerprint density at radius 3 is 2.95 bits per heavy atom. The van der Waals surface area contributed by atoms with E-state index in [1.165, 1.54) is 0 Å². The Hall–Kier alpha value is -1.52. The van der Waals surface area contributed by atoms with Crippen LogP contribution in [0.5, 0.6) is 11.5 Å². The van der Waals surface area contributed by atoms with E-state index in [9.17, 15) is 10.2 Å². The Bertz CT molecular complexity index is 598. The predicted octanol–water partition coefficient (Wildman–Crippen LogP) is 1.90. The van der Waals surface area contributed by atoms with Gasteiger partial charge in [0.1, 0.15) is 0 Å². The molecule has 3 atom stereocenters. The smallest absolute Gasteiger partial charge is 0.157 e. The largest absolute Gasteiger partial charge is 0.504 e. The van der Waals surface area contributed by atoms with Crippen LogP contribution in [0.3, 0.4) is 0 Å². The minimum Gasteiger partial charge on any atom is -0.504 e. The van der Waals surface area contributed by atoms with Crippen LogP contribution in [0.2, 0.25) is 0 Å². The van der Waals surface area contributed by atoms with Crippen molar-refractivity contribution in [1.29, 1.82) is 0 Å². The Kier molecular flexibility index (Phi) is 2.44. The molecule has 2 N–H and O–H groups in total. The lowest BCUT2D eigenvalue weighted by Gasteiger charge is -2.44. The maximum absolute atomic E-state index is 9.92. The van der Waals surface area contributed by atoms with Crippen molar-refractivity contribution in [2.45, 2.75) is 37.0 Å². The van der Waals surface area contributed by atoms with Crippen molar-refractivity contribution in [3.8, 4) is 11.5 Å². The number of benzene rings is 1. The molecule has 1 aliphatic carbocycles. The average molecular weight is 273 g/mol. The standard InChI is InChI=1S/C16H19NO3/c1-17-8-15-16(5-3-2-4-14(16)17)11-7-13(19)12(18)6-10(11)9-20-15/h3,5-7,14-15,18-19H,2,4,8-9H2,1H3/t14-,15+,16-/m1/s1. The molecule has 2 aliphatic heterocycles. The fraction of sp³-hybridized carbons (Fsp3) is 0.500. The highest BCUT2D eigenvalue weighted by Crippen LogP contribution is 2.51. The number of allylic oxidation sites excluding steroid dienone is 1. The third-order valence-electron chi connectivity index (χ3n) is 5.18. The average Bonchev–Trinajstić information content (AvgIpc) is 2.74. The lowest BCUT2D eigenvalue weighted by molar-refractivity contribution is 0.00189. The molecule has 0 bridgehead atoms. The fourth-order valence-corrected chi connectivity index (χ4v) is 4.30. The quantitative estimate of drug-likeness (QED) is 0.560. The van der Waals surface area contributed by atoms with Gasteiger partial charge in [-0.2, -0.15) is 0 Å². The molecule has 4 heteroatoms. The van der Waals surface area contributed by atoms with Gasteiger partial charge in [-0.05, 0) is 43.1 Å². The molecular formula is C16H19NO3. The van der Waals surface area contributed by atoms with E-state index in [1.807, 2.05) is 0 Å². The van der Waals surface area contributed by atoms with Gasteiger partial charge in [0.05, 0.1) is 18.1 Å². The van der Waals surface area contributed by atoms with Gasteiger partial charge >= 0.3 is 0 Å². The first-order valence-corrected chi connectivity index (χ1v) is 7.18. The van der Waals surface area contributed by atoms with Crippen molar-refractivity contribution in [2.24, 2.45) is 0 Å². The molecule has 1 saturated heterocycles. The summed E-state index contributed by atoms with van der Waals surface area (Å²) in [6.07, 6.45) is 6.82. The monoisotopic (exact) mass is 273 g/mol. The molecule has 1 aromatic carbocycles. The van der Waals surface area contributed by atoms with Gasteiger partial charge in [0.25, 0.3) is 0 Å². The Balaban J connectivity index is 1.97. The van der Waals surface area contributed by atoms with Crippen LogP contribution < -0.4 is 0 Å². The van der Waals surface area contributed by atoms with Crippen molar-refractivity contribution in [3.63, 3.8) is 0 Å². The summed E-state index contributed by atoms with van der Waals surface area (Å²) in [6.45, 7) is 1.42. The number of rotatable bonds is 0. The van der Waals surface area contributed by atoms with Gasteiger partial charge in [-0.15, -0.1) is 0 Å². The van der Waals surface area contributed by atoms with Gasteiger partial charge < -0.3 is 14.9 Å². The number of ether oxygens (including phenoxy) is 1. The number of hydrogen-bond donors (Lipinski definition) is 2. The second-order valence-electron chi connectivity index (χ2n) is 6.17. The van der Waals surface area contributed by atoms with Crippen molar-refractivity contribution in [3.05, 3.63) is 35.4 Å². The molecule has 4 rings (SSSR count). The molecule has 0 radical (unpaired) electrons. The van der Waals surface area contributed by atoms with Gasteiger partial charge in [-0.3, -0.25) is 4.90 Å². The second-order valence-corrected chi connectivity index (χ2v) is 6.17.